The van der Waals surface area contributed by atoms with Crippen LogP contribution in [0.15, 0.2) is 6.07 Å². The molecule has 1 heterocycles. The van der Waals surface area contributed by atoms with Crippen molar-refractivity contribution in [3.63, 3.8) is 0 Å². The average molecular weight is 278 g/mol. The number of hydrogen-bond acceptors (Lipinski definition) is 5. The molecular weight excluding hydrogens is 252 g/mol. The van der Waals surface area contributed by atoms with Gasteiger partial charge in [-0.2, -0.15) is 0 Å². The van der Waals surface area contributed by atoms with Crippen LogP contribution in [0.5, 0.6) is 0 Å². The third-order valence-corrected chi connectivity index (χ3v) is 3.32. The maximum absolute atomic E-state index is 5.41. The van der Waals surface area contributed by atoms with Crippen LogP contribution in [0.1, 0.15) is 45.4 Å². The molecule has 0 radical (unpaired) electrons. The van der Waals surface area contributed by atoms with Crippen molar-refractivity contribution in [2.75, 3.05) is 30.3 Å². The van der Waals surface area contributed by atoms with Crippen molar-refractivity contribution in [3.8, 4) is 0 Å². The highest BCUT2D eigenvalue weighted by Crippen LogP contribution is 2.32. The molecule has 0 spiro atoms. The van der Waals surface area contributed by atoms with Crippen molar-refractivity contribution in [3.05, 3.63) is 11.9 Å². The Bertz CT molecular complexity index is 381. The van der Waals surface area contributed by atoms with E-state index in [1.807, 2.05) is 13.0 Å². The first kappa shape index (κ1) is 15.0. The van der Waals surface area contributed by atoms with Crippen LogP contribution < -0.4 is 10.6 Å². The number of nitrogens with zero attached hydrogens (tertiary/aromatic N) is 2. The Morgan fingerprint density at radius 1 is 1.15 bits per heavy atom. The quantitative estimate of drug-likeness (QED) is 0.689. The summed E-state index contributed by atoms with van der Waals surface area (Å²) < 4.78 is 5.41. The number of nitrogens with one attached hydrogen (secondary N) is 2. The van der Waals surface area contributed by atoms with Crippen molar-refractivity contribution in [2.45, 2.75) is 46.1 Å². The molecule has 0 saturated heterocycles. The van der Waals surface area contributed by atoms with Gasteiger partial charge in [-0.3, -0.25) is 0 Å². The summed E-state index contributed by atoms with van der Waals surface area (Å²) in [6, 6.07) is 1.98. The molecule has 0 aromatic carbocycles. The molecule has 1 saturated carbocycles. The summed E-state index contributed by atoms with van der Waals surface area (Å²) >= 11 is 0. The molecular formula is C15H26N4O. The van der Waals surface area contributed by atoms with Crippen LogP contribution >= 0.6 is 0 Å². The molecule has 112 valence electrons. The highest BCUT2D eigenvalue weighted by molar-refractivity contribution is 5.47. The molecule has 1 aromatic rings. The van der Waals surface area contributed by atoms with E-state index < -0.39 is 0 Å². The molecule has 20 heavy (non-hydrogen) atoms. The minimum Gasteiger partial charge on any atom is -0.374 e. The predicted octanol–water partition coefficient (Wildman–Crippen LogP) is 3.05. The van der Waals surface area contributed by atoms with Gasteiger partial charge < -0.3 is 15.4 Å². The summed E-state index contributed by atoms with van der Waals surface area (Å²) in [5.74, 6) is 3.45. The molecule has 2 rings (SSSR count). The van der Waals surface area contributed by atoms with Crippen LogP contribution in [-0.2, 0) is 11.3 Å². The minimum absolute atomic E-state index is 0.468. The van der Waals surface area contributed by atoms with E-state index in [-0.39, 0.29) is 0 Å². The maximum Gasteiger partial charge on any atom is 0.158 e. The van der Waals surface area contributed by atoms with E-state index in [1.54, 1.807) is 0 Å². The van der Waals surface area contributed by atoms with E-state index in [0.717, 1.165) is 42.9 Å². The Balaban J connectivity index is 1.94. The van der Waals surface area contributed by atoms with Crippen molar-refractivity contribution in [2.24, 2.45) is 5.92 Å². The Labute approximate surface area is 121 Å². The molecule has 0 bridgehead atoms. The molecule has 0 amide bonds. The van der Waals surface area contributed by atoms with Gasteiger partial charge in [-0.1, -0.05) is 19.8 Å². The van der Waals surface area contributed by atoms with Crippen LogP contribution in [0.4, 0.5) is 11.6 Å². The van der Waals surface area contributed by atoms with Gasteiger partial charge in [-0.15, -0.1) is 0 Å². The number of anilines is 2. The topological polar surface area (TPSA) is 59.1 Å². The smallest absolute Gasteiger partial charge is 0.158 e. The zero-order valence-electron chi connectivity index (χ0n) is 12.6. The van der Waals surface area contributed by atoms with Gasteiger partial charge in [-0.25, -0.2) is 9.97 Å². The van der Waals surface area contributed by atoms with Crippen molar-refractivity contribution in [1.82, 2.24) is 9.97 Å². The predicted molar refractivity (Wildman–Crippen MR) is 82.0 cm³/mol. The fourth-order valence-electron chi connectivity index (χ4n) is 2.00. The first-order valence-corrected chi connectivity index (χ1v) is 7.75. The molecule has 0 aliphatic heterocycles. The van der Waals surface area contributed by atoms with Crippen LogP contribution in [0.2, 0.25) is 0 Å². The van der Waals surface area contributed by atoms with Gasteiger partial charge in [0.05, 0.1) is 0 Å². The fourth-order valence-corrected chi connectivity index (χ4v) is 2.00. The van der Waals surface area contributed by atoms with Crippen LogP contribution in [0, 0.1) is 5.92 Å². The Morgan fingerprint density at radius 3 is 2.45 bits per heavy atom. The fraction of sp³-hybridized carbons (Fsp3) is 0.733. The molecule has 1 aliphatic rings. The highest BCUT2D eigenvalue weighted by Gasteiger charge is 2.20. The molecule has 0 unspecified atom stereocenters. The second kappa shape index (κ2) is 8.04. The van der Waals surface area contributed by atoms with Crippen LogP contribution in [0.3, 0.4) is 0 Å². The van der Waals surface area contributed by atoms with Gasteiger partial charge in [0.25, 0.3) is 0 Å². The normalized spacial score (nSPS) is 14.3. The number of hydrogen-bond donors (Lipinski definition) is 2. The zero-order valence-corrected chi connectivity index (χ0v) is 12.6. The lowest BCUT2D eigenvalue weighted by Gasteiger charge is -2.11. The Hall–Kier alpha value is -1.36. The van der Waals surface area contributed by atoms with Gasteiger partial charge in [0.15, 0.2) is 5.82 Å². The first-order valence-electron chi connectivity index (χ1n) is 7.75. The summed E-state index contributed by atoms with van der Waals surface area (Å²) in [6.07, 6.45) is 5.10. The lowest BCUT2D eigenvalue weighted by atomic mass is 10.3. The second-order valence-electron chi connectivity index (χ2n) is 5.28. The second-order valence-corrected chi connectivity index (χ2v) is 5.28. The van der Waals surface area contributed by atoms with Crippen LogP contribution in [-0.4, -0.2) is 29.7 Å². The van der Waals surface area contributed by atoms with E-state index in [9.17, 15) is 0 Å². The monoisotopic (exact) mass is 278 g/mol. The third-order valence-electron chi connectivity index (χ3n) is 3.32. The maximum atomic E-state index is 5.41. The average Bonchev–Trinajstić information content (AvgIpc) is 3.27. The lowest BCUT2D eigenvalue weighted by Crippen LogP contribution is -2.10. The van der Waals surface area contributed by atoms with Crippen LogP contribution in [0.25, 0.3) is 0 Å². The summed E-state index contributed by atoms with van der Waals surface area (Å²) in [4.78, 5) is 8.99. The molecule has 0 atom stereocenters. The number of ether oxygens (including phenoxy) is 1. The molecule has 1 aliphatic carbocycles. The largest absolute Gasteiger partial charge is 0.374 e. The summed E-state index contributed by atoms with van der Waals surface area (Å²) in [7, 11) is 0. The van der Waals surface area contributed by atoms with E-state index in [4.69, 9.17) is 4.74 Å². The minimum atomic E-state index is 0.468. The molecule has 1 aromatic heterocycles. The summed E-state index contributed by atoms with van der Waals surface area (Å²) in [5, 5.41) is 6.72. The number of rotatable bonds is 10. The van der Waals surface area contributed by atoms with Gasteiger partial charge >= 0.3 is 0 Å². The Kier molecular flexibility index (Phi) is 6.05. The first-order chi connectivity index (χ1) is 9.81. The molecule has 2 N–H and O–H groups in total. The van der Waals surface area contributed by atoms with E-state index in [2.05, 4.69) is 27.5 Å². The van der Waals surface area contributed by atoms with Gasteiger partial charge in [-0.05, 0) is 25.7 Å². The molecule has 5 heteroatoms. The van der Waals surface area contributed by atoms with Crippen molar-refractivity contribution < 1.29 is 4.74 Å². The standard InChI is InChI=1S/C15H26N4O/c1-3-8-16-13-10-14(17-9-7-12-5-6-12)19-15(18-13)11-20-4-2/h10,12H,3-9,11H2,1-2H3,(H2,16,17,18,19). The number of aromatic nitrogens is 2. The van der Waals surface area contributed by atoms with Crippen molar-refractivity contribution >= 4 is 11.6 Å². The van der Waals surface area contributed by atoms with E-state index in [1.165, 1.54) is 19.3 Å². The zero-order chi connectivity index (χ0) is 14.2. The van der Waals surface area contributed by atoms with E-state index >= 15 is 0 Å². The van der Waals surface area contributed by atoms with Gasteiger partial charge in [0.2, 0.25) is 0 Å². The summed E-state index contributed by atoms with van der Waals surface area (Å²) in [6.45, 7) is 7.18. The molecule has 5 nitrogen and oxygen atoms in total. The van der Waals surface area contributed by atoms with Gasteiger partial charge in [0, 0.05) is 25.8 Å². The lowest BCUT2D eigenvalue weighted by molar-refractivity contribution is 0.128. The third kappa shape index (κ3) is 5.33. The highest BCUT2D eigenvalue weighted by atomic mass is 16.5. The molecule has 1 fully saturated rings. The van der Waals surface area contributed by atoms with E-state index in [0.29, 0.717) is 13.2 Å². The van der Waals surface area contributed by atoms with Crippen molar-refractivity contribution in [1.29, 1.82) is 0 Å². The summed E-state index contributed by atoms with van der Waals surface area (Å²) in [5.41, 5.74) is 0. The SMILES string of the molecule is CCCNc1cc(NCCC2CC2)nc(COCC)n1. The van der Waals surface area contributed by atoms with Gasteiger partial charge in [0.1, 0.15) is 18.2 Å². The Morgan fingerprint density at radius 2 is 1.85 bits per heavy atom.